The first kappa shape index (κ1) is 17.0. The second-order valence-corrected chi connectivity index (χ2v) is 6.27. The van der Waals surface area contributed by atoms with Crippen molar-refractivity contribution in [2.45, 2.75) is 25.3 Å². The van der Waals surface area contributed by atoms with E-state index in [1.54, 1.807) is 12.1 Å². The molecule has 0 spiro atoms. The van der Waals surface area contributed by atoms with Gasteiger partial charge in [-0.3, -0.25) is 4.79 Å². The van der Waals surface area contributed by atoms with Crippen LogP contribution in [0.1, 0.15) is 28.8 Å². The second-order valence-electron chi connectivity index (χ2n) is 6.27. The minimum atomic E-state index is -1.03. The number of carboxylic acid groups (broad SMARTS) is 1. The largest absolute Gasteiger partial charge is 0.480 e. The Kier molecular flexibility index (Phi) is 5.33. The summed E-state index contributed by atoms with van der Waals surface area (Å²) in [5.41, 5.74) is 2.29. The molecule has 2 aromatic carbocycles. The summed E-state index contributed by atoms with van der Waals surface area (Å²) in [5, 5.41) is 12.2. The van der Waals surface area contributed by atoms with Crippen molar-refractivity contribution >= 4 is 17.6 Å². The van der Waals surface area contributed by atoms with Crippen molar-refractivity contribution in [3.05, 3.63) is 65.7 Å². The van der Waals surface area contributed by atoms with Gasteiger partial charge in [0, 0.05) is 25.2 Å². The number of hydrogen-bond acceptors (Lipinski definition) is 3. The highest BCUT2D eigenvalue weighted by molar-refractivity contribution is 6.01. The molecule has 1 heterocycles. The number of nitrogens with zero attached hydrogens (tertiary/aromatic N) is 1. The van der Waals surface area contributed by atoms with Crippen LogP contribution in [0.5, 0.6) is 0 Å². The number of rotatable bonds is 6. The van der Waals surface area contributed by atoms with Crippen molar-refractivity contribution in [3.8, 4) is 0 Å². The van der Waals surface area contributed by atoms with Crippen LogP contribution in [0.3, 0.4) is 0 Å². The summed E-state index contributed by atoms with van der Waals surface area (Å²) in [6.07, 6.45) is 2.48. The van der Waals surface area contributed by atoms with Crippen LogP contribution in [0, 0.1) is 0 Å². The van der Waals surface area contributed by atoms with Gasteiger partial charge in [-0.15, -0.1) is 0 Å². The summed E-state index contributed by atoms with van der Waals surface area (Å²) in [7, 11) is 0. The van der Waals surface area contributed by atoms with E-state index in [1.807, 2.05) is 42.5 Å². The van der Waals surface area contributed by atoms with Gasteiger partial charge in [0.1, 0.15) is 6.04 Å². The maximum absolute atomic E-state index is 12.7. The molecule has 1 aliphatic rings. The first-order valence-corrected chi connectivity index (χ1v) is 8.57. The smallest absolute Gasteiger partial charge is 0.326 e. The van der Waals surface area contributed by atoms with Crippen molar-refractivity contribution in [1.82, 2.24) is 5.32 Å². The number of nitrogens with one attached hydrogen (secondary N) is 1. The van der Waals surface area contributed by atoms with Crippen LogP contribution in [0.2, 0.25) is 0 Å². The van der Waals surface area contributed by atoms with Gasteiger partial charge >= 0.3 is 5.97 Å². The first-order chi connectivity index (χ1) is 12.1. The average molecular weight is 338 g/mol. The van der Waals surface area contributed by atoms with Gasteiger partial charge in [0.2, 0.25) is 0 Å². The lowest BCUT2D eigenvalue weighted by Crippen LogP contribution is -2.42. The number of carboxylic acids is 1. The molecule has 1 amide bonds. The zero-order chi connectivity index (χ0) is 17.6. The van der Waals surface area contributed by atoms with Crippen molar-refractivity contribution < 1.29 is 14.7 Å². The van der Waals surface area contributed by atoms with Gasteiger partial charge in [0.15, 0.2) is 0 Å². The summed E-state index contributed by atoms with van der Waals surface area (Å²) in [6, 6.07) is 15.8. The Bertz CT molecular complexity index is 740. The molecule has 5 heteroatoms. The third-order valence-electron chi connectivity index (χ3n) is 4.48. The fourth-order valence-corrected chi connectivity index (χ4v) is 3.19. The second kappa shape index (κ2) is 7.83. The molecule has 0 saturated carbocycles. The molecule has 1 fully saturated rings. The zero-order valence-electron chi connectivity index (χ0n) is 14.0. The molecular formula is C20H22N2O3. The Labute approximate surface area is 147 Å². The highest BCUT2D eigenvalue weighted by Crippen LogP contribution is 2.24. The van der Waals surface area contributed by atoms with Crippen LogP contribution >= 0.6 is 0 Å². The molecule has 25 heavy (non-hydrogen) atoms. The molecule has 5 nitrogen and oxygen atoms in total. The molecule has 2 aromatic rings. The first-order valence-electron chi connectivity index (χ1n) is 8.57. The minimum absolute atomic E-state index is 0.258. The topological polar surface area (TPSA) is 69.6 Å². The van der Waals surface area contributed by atoms with E-state index in [0.29, 0.717) is 5.56 Å². The van der Waals surface area contributed by atoms with Crippen LogP contribution in [0.15, 0.2) is 54.6 Å². The minimum Gasteiger partial charge on any atom is -0.480 e. The Hall–Kier alpha value is -2.82. The molecule has 0 unspecified atom stereocenters. The number of anilines is 1. The van der Waals surface area contributed by atoms with Crippen LogP contribution in [0.4, 0.5) is 5.69 Å². The molecule has 1 saturated heterocycles. The molecule has 1 atom stereocenters. The van der Waals surface area contributed by atoms with Crippen molar-refractivity contribution in [3.63, 3.8) is 0 Å². The Morgan fingerprint density at radius 3 is 2.32 bits per heavy atom. The lowest BCUT2D eigenvalue weighted by Gasteiger charge is -2.22. The van der Waals surface area contributed by atoms with Gasteiger partial charge in [0.25, 0.3) is 5.91 Å². The van der Waals surface area contributed by atoms with Gasteiger partial charge < -0.3 is 15.3 Å². The molecule has 1 aliphatic heterocycles. The molecular weight excluding hydrogens is 316 g/mol. The quantitative estimate of drug-likeness (QED) is 0.850. The third kappa shape index (κ3) is 4.18. The normalized spacial score (nSPS) is 15.0. The highest BCUT2D eigenvalue weighted by atomic mass is 16.4. The number of aliphatic carboxylic acids is 1. The number of carbonyl (C=O) groups is 2. The van der Waals surface area contributed by atoms with Crippen molar-refractivity contribution in [1.29, 1.82) is 0 Å². The van der Waals surface area contributed by atoms with E-state index in [-0.39, 0.29) is 12.3 Å². The maximum atomic E-state index is 12.7. The summed E-state index contributed by atoms with van der Waals surface area (Å²) in [6.45, 7) is 1.85. The lowest BCUT2D eigenvalue weighted by molar-refractivity contribution is -0.139. The Morgan fingerprint density at radius 1 is 1.00 bits per heavy atom. The Balaban J connectivity index is 1.77. The number of para-hydroxylation sites is 1. The summed E-state index contributed by atoms with van der Waals surface area (Å²) >= 11 is 0. The van der Waals surface area contributed by atoms with Crippen molar-refractivity contribution in [2.75, 3.05) is 18.0 Å². The fraction of sp³-hybridized carbons (Fsp3) is 0.300. The summed E-state index contributed by atoms with van der Waals surface area (Å²) < 4.78 is 0. The number of benzene rings is 2. The lowest BCUT2D eigenvalue weighted by atomic mass is 10.0. The number of hydrogen-bond donors (Lipinski definition) is 2. The highest BCUT2D eigenvalue weighted by Gasteiger charge is 2.24. The number of carbonyl (C=O) groups excluding carboxylic acids is 1. The van der Waals surface area contributed by atoms with E-state index in [4.69, 9.17) is 0 Å². The summed E-state index contributed by atoms with van der Waals surface area (Å²) in [5.74, 6) is -1.37. The van der Waals surface area contributed by atoms with E-state index in [2.05, 4.69) is 10.2 Å². The van der Waals surface area contributed by atoms with Gasteiger partial charge in [-0.25, -0.2) is 4.79 Å². The fourth-order valence-electron chi connectivity index (χ4n) is 3.19. The predicted octanol–water partition coefficient (Wildman–Crippen LogP) is 2.71. The van der Waals surface area contributed by atoms with Gasteiger partial charge in [-0.05, 0) is 30.5 Å². The Morgan fingerprint density at radius 2 is 1.64 bits per heavy atom. The monoisotopic (exact) mass is 338 g/mol. The van der Waals surface area contributed by atoms with E-state index in [0.717, 1.165) is 37.2 Å². The maximum Gasteiger partial charge on any atom is 0.326 e. The van der Waals surface area contributed by atoms with E-state index >= 15 is 0 Å². The van der Waals surface area contributed by atoms with Gasteiger partial charge in [0.05, 0.1) is 5.56 Å². The molecule has 2 N–H and O–H groups in total. The van der Waals surface area contributed by atoms with E-state index in [9.17, 15) is 14.7 Å². The molecule has 0 bridgehead atoms. The van der Waals surface area contributed by atoms with Crippen LogP contribution < -0.4 is 10.2 Å². The molecule has 0 aliphatic carbocycles. The van der Waals surface area contributed by atoms with Crippen molar-refractivity contribution in [2.24, 2.45) is 0 Å². The number of amides is 1. The molecule has 3 rings (SSSR count). The molecule has 130 valence electrons. The molecule has 0 radical (unpaired) electrons. The zero-order valence-corrected chi connectivity index (χ0v) is 14.0. The predicted molar refractivity (Wildman–Crippen MR) is 96.9 cm³/mol. The summed E-state index contributed by atoms with van der Waals surface area (Å²) in [4.78, 5) is 26.5. The third-order valence-corrected chi connectivity index (χ3v) is 4.48. The average Bonchev–Trinajstić information content (AvgIpc) is 3.16. The SMILES string of the molecule is O=C(N[C@@H](Cc1ccccc1)C(=O)O)c1ccccc1N1CCCC1. The van der Waals surface area contributed by atoms with Crippen LogP contribution in [-0.4, -0.2) is 36.1 Å². The van der Waals surface area contributed by atoms with Gasteiger partial charge in [-0.1, -0.05) is 42.5 Å². The standard InChI is InChI=1S/C20H22N2O3/c23-19(16-10-4-5-11-18(16)22-12-6-7-13-22)21-17(20(24)25)14-15-8-2-1-3-9-15/h1-5,8-11,17H,6-7,12-14H2,(H,21,23)(H,24,25)/t17-/m0/s1. The molecule has 0 aromatic heterocycles. The van der Waals surface area contributed by atoms with E-state index in [1.165, 1.54) is 0 Å². The van der Waals surface area contributed by atoms with Crippen LogP contribution in [-0.2, 0) is 11.2 Å². The van der Waals surface area contributed by atoms with E-state index < -0.39 is 12.0 Å². The van der Waals surface area contributed by atoms with Crippen LogP contribution in [0.25, 0.3) is 0 Å². The van der Waals surface area contributed by atoms with Gasteiger partial charge in [-0.2, -0.15) is 0 Å².